The van der Waals surface area contributed by atoms with E-state index in [0.717, 1.165) is 41.8 Å². The van der Waals surface area contributed by atoms with Gasteiger partial charge in [0.1, 0.15) is 11.8 Å². The molecule has 2 aromatic heterocycles. The van der Waals surface area contributed by atoms with Crippen molar-refractivity contribution in [2.75, 3.05) is 18.0 Å². The average molecular weight is 338 g/mol. The number of nitriles is 1. The van der Waals surface area contributed by atoms with Gasteiger partial charge in [-0.15, -0.1) is 11.3 Å². The zero-order chi connectivity index (χ0) is 16.4. The molecule has 0 radical (unpaired) electrons. The van der Waals surface area contributed by atoms with Gasteiger partial charge in [-0.2, -0.15) is 18.4 Å². The van der Waals surface area contributed by atoms with Crippen LogP contribution in [0.4, 0.5) is 18.9 Å². The van der Waals surface area contributed by atoms with E-state index in [9.17, 15) is 13.2 Å². The summed E-state index contributed by atoms with van der Waals surface area (Å²) in [6.45, 7) is 1.43. The molecule has 1 atom stereocenters. The zero-order valence-corrected chi connectivity index (χ0v) is 12.9. The molecule has 120 valence electrons. The van der Waals surface area contributed by atoms with Crippen LogP contribution < -0.4 is 4.90 Å². The molecule has 3 heterocycles. The summed E-state index contributed by atoms with van der Waals surface area (Å²) in [6.07, 6.45) is -1.05. The van der Waals surface area contributed by atoms with Crippen molar-refractivity contribution in [1.29, 1.82) is 5.26 Å². The highest BCUT2D eigenvalue weighted by Gasteiger charge is 2.35. The summed E-state index contributed by atoms with van der Waals surface area (Å²) in [5, 5.41) is 10.4. The predicted molar refractivity (Wildman–Crippen MR) is 80.3 cm³/mol. The van der Waals surface area contributed by atoms with Crippen LogP contribution >= 0.6 is 11.3 Å². The Hall–Kier alpha value is -2.14. The van der Waals surface area contributed by atoms with Crippen LogP contribution in [0.15, 0.2) is 23.7 Å². The lowest BCUT2D eigenvalue weighted by atomic mass is 9.98. The molecule has 0 aliphatic carbocycles. The van der Waals surface area contributed by atoms with E-state index in [0.29, 0.717) is 17.2 Å². The molecule has 0 N–H and O–H groups in total. The van der Waals surface area contributed by atoms with Gasteiger partial charge in [0.15, 0.2) is 5.69 Å². The van der Waals surface area contributed by atoms with Crippen LogP contribution in [0, 0.1) is 11.3 Å². The monoisotopic (exact) mass is 338 g/mol. The second-order valence-electron chi connectivity index (χ2n) is 5.37. The van der Waals surface area contributed by atoms with Gasteiger partial charge in [-0.1, -0.05) is 0 Å². The van der Waals surface area contributed by atoms with Crippen molar-refractivity contribution in [2.45, 2.75) is 24.9 Å². The Morgan fingerprint density at radius 1 is 1.35 bits per heavy atom. The molecule has 0 aromatic carbocycles. The fourth-order valence-electron chi connectivity index (χ4n) is 2.66. The molecule has 0 amide bonds. The molecule has 1 fully saturated rings. The highest BCUT2D eigenvalue weighted by molar-refractivity contribution is 7.09. The van der Waals surface area contributed by atoms with Crippen LogP contribution in [0.5, 0.6) is 0 Å². The molecule has 0 spiro atoms. The Kier molecular flexibility index (Phi) is 4.22. The van der Waals surface area contributed by atoms with E-state index in [4.69, 9.17) is 5.26 Å². The van der Waals surface area contributed by atoms with Crippen LogP contribution in [0.25, 0.3) is 0 Å². The Morgan fingerprint density at radius 3 is 2.78 bits per heavy atom. The maximum Gasteiger partial charge on any atom is 0.434 e. The SMILES string of the molecule is N#Cc1ccc(N2CCC[C@@H](c3nc(C(F)(F)F)cs3)C2)cn1. The lowest BCUT2D eigenvalue weighted by Crippen LogP contribution is -2.34. The highest BCUT2D eigenvalue weighted by Crippen LogP contribution is 2.35. The van der Waals surface area contributed by atoms with Crippen LogP contribution in [0.1, 0.15) is 35.2 Å². The largest absolute Gasteiger partial charge is 0.434 e. The molecule has 3 rings (SSSR count). The van der Waals surface area contributed by atoms with E-state index in [2.05, 4.69) is 14.9 Å². The van der Waals surface area contributed by atoms with Gasteiger partial charge in [-0.3, -0.25) is 0 Å². The number of aromatic nitrogens is 2. The minimum Gasteiger partial charge on any atom is -0.370 e. The second kappa shape index (κ2) is 6.16. The van der Waals surface area contributed by atoms with Crippen molar-refractivity contribution < 1.29 is 13.2 Å². The van der Waals surface area contributed by atoms with Gasteiger partial charge in [0, 0.05) is 24.4 Å². The number of alkyl halides is 3. The normalized spacial score (nSPS) is 18.7. The van der Waals surface area contributed by atoms with Crippen LogP contribution in [0.3, 0.4) is 0 Å². The van der Waals surface area contributed by atoms with Crippen LogP contribution in [-0.2, 0) is 6.18 Å². The average Bonchev–Trinajstić information content (AvgIpc) is 3.05. The second-order valence-corrected chi connectivity index (χ2v) is 6.26. The maximum atomic E-state index is 12.7. The Bertz CT molecular complexity index is 718. The molecule has 0 unspecified atom stereocenters. The molecule has 0 saturated carbocycles. The Labute approximate surface area is 135 Å². The van der Waals surface area contributed by atoms with Crippen molar-refractivity contribution in [3.05, 3.63) is 40.1 Å². The minimum atomic E-state index is -4.39. The number of pyridine rings is 1. The summed E-state index contributed by atoms with van der Waals surface area (Å²) in [7, 11) is 0. The number of rotatable bonds is 2. The van der Waals surface area contributed by atoms with Gasteiger partial charge in [-0.25, -0.2) is 9.97 Å². The molecule has 8 heteroatoms. The first-order chi connectivity index (χ1) is 11.0. The number of anilines is 1. The Morgan fingerprint density at radius 2 is 2.17 bits per heavy atom. The van der Waals surface area contributed by atoms with Crippen LogP contribution in [0.2, 0.25) is 0 Å². The van der Waals surface area contributed by atoms with E-state index in [1.807, 2.05) is 12.1 Å². The quantitative estimate of drug-likeness (QED) is 0.835. The van der Waals surface area contributed by atoms with E-state index in [-0.39, 0.29) is 5.92 Å². The first kappa shape index (κ1) is 15.7. The number of hydrogen-bond donors (Lipinski definition) is 0. The fraction of sp³-hybridized carbons (Fsp3) is 0.400. The molecule has 2 aromatic rings. The lowest BCUT2D eigenvalue weighted by molar-refractivity contribution is -0.140. The summed E-state index contributed by atoms with van der Waals surface area (Å²) in [5.41, 5.74) is 0.410. The summed E-state index contributed by atoms with van der Waals surface area (Å²) in [4.78, 5) is 9.89. The third kappa shape index (κ3) is 3.45. The fourth-order valence-corrected chi connectivity index (χ4v) is 3.61. The van der Waals surface area contributed by atoms with Gasteiger partial charge in [0.05, 0.1) is 16.9 Å². The van der Waals surface area contributed by atoms with Gasteiger partial charge < -0.3 is 4.90 Å². The smallest absolute Gasteiger partial charge is 0.370 e. The molecule has 1 saturated heterocycles. The maximum absolute atomic E-state index is 12.7. The lowest BCUT2D eigenvalue weighted by Gasteiger charge is -2.33. The first-order valence-corrected chi connectivity index (χ1v) is 7.99. The number of thiazole rings is 1. The molecule has 1 aliphatic rings. The standard InChI is InChI=1S/C15H13F3N4S/c16-15(17,18)13-9-23-14(21-13)10-2-1-5-22(8-10)12-4-3-11(6-19)20-7-12/h3-4,7,9-10H,1-2,5,8H2/t10-/m1/s1. The molecule has 23 heavy (non-hydrogen) atoms. The molecular formula is C15H13F3N4S. The van der Waals surface area contributed by atoms with E-state index in [1.165, 1.54) is 0 Å². The molecule has 4 nitrogen and oxygen atoms in total. The minimum absolute atomic E-state index is 0.0134. The van der Waals surface area contributed by atoms with Gasteiger partial charge >= 0.3 is 6.18 Å². The number of hydrogen-bond acceptors (Lipinski definition) is 5. The number of nitrogens with zero attached hydrogens (tertiary/aromatic N) is 4. The third-order valence-corrected chi connectivity index (χ3v) is 4.82. The molecule has 1 aliphatic heterocycles. The van der Waals surface area contributed by atoms with Gasteiger partial charge in [0.25, 0.3) is 0 Å². The summed E-state index contributed by atoms with van der Waals surface area (Å²) in [5.74, 6) is -0.0134. The molecule has 0 bridgehead atoms. The zero-order valence-electron chi connectivity index (χ0n) is 12.0. The highest BCUT2D eigenvalue weighted by atomic mass is 32.1. The Balaban J connectivity index is 1.75. The first-order valence-electron chi connectivity index (χ1n) is 7.11. The number of piperidine rings is 1. The van der Waals surface area contributed by atoms with Crippen molar-refractivity contribution >= 4 is 17.0 Å². The van der Waals surface area contributed by atoms with Crippen molar-refractivity contribution in [3.8, 4) is 6.07 Å². The summed E-state index contributed by atoms with van der Waals surface area (Å²) < 4.78 is 38.0. The van der Waals surface area contributed by atoms with Crippen molar-refractivity contribution in [1.82, 2.24) is 9.97 Å². The van der Waals surface area contributed by atoms with Gasteiger partial charge in [-0.05, 0) is 25.0 Å². The molecular weight excluding hydrogens is 325 g/mol. The summed E-state index contributed by atoms with van der Waals surface area (Å²) >= 11 is 1.07. The summed E-state index contributed by atoms with van der Waals surface area (Å²) in [6, 6.07) is 5.42. The topological polar surface area (TPSA) is 52.8 Å². The van der Waals surface area contributed by atoms with Gasteiger partial charge in [0.2, 0.25) is 0 Å². The van der Waals surface area contributed by atoms with E-state index < -0.39 is 11.9 Å². The van der Waals surface area contributed by atoms with Crippen molar-refractivity contribution in [2.24, 2.45) is 0 Å². The van der Waals surface area contributed by atoms with E-state index >= 15 is 0 Å². The number of halogens is 3. The van der Waals surface area contributed by atoms with E-state index in [1.54, 1.807) is 12.3 Å². The predicted octanol–water partition coefficient (Wildman–Crippen LogP) is 3.81. The van der Waals surface area contributed by atoms with Crippen molar-refractivity contribution in [3.63, 3.8) is 0 Å². The third-order valence-electron chi connectivity index (χ3n) is 3.81. The van der Waals surface area contributed by atoms with Crippen LogP contribution in [-0.4, -0.2) is 23.1 Å².